The molecule has 1 aliphatic heterocycles. The van der Waals surface area contributed by atoms with Gasteiger partial charge in [-0.25, -0.2) is 9.18 Å². The maximum atomic E-state index is 13.7. The van der Waals surface area contributed by atoms with E-state index in [1.165, 1.54) is 4.90 Å². The van der Waals surface area contributed by atoms with Gasteiger partial charge in [-0.3, -0.25) is 4.79 Å². The van der Waals surface area contributed by atoms with Crippen molar-refractivity contribution in [3.63, 3.8) is 0 Å². The molecule has 0 bridgehead atoms. The molecule has 0 aromatic carbocycles. The molecule has 1 amide bonds. The lowest BCUT2D eigenvalue weighted by Crippen LogP contribution is -2.40. The van der Waals surface area contributed by atoms with Crippen LogP contribution in [0.1, 0.15) is 26.7 Å². The molecule has 1 saturated heterocycles. The van der Waals surface area contributed by atoms with Gasteiger partial charge in [-0.15, -0.1) is 0 Å². The van der Waals surface area contributed by atoms with E-state index in [0.29, 0.717) is 0 Å². The lowest BCUT2D eigenvalue weighted by Gasteiger charge is -2.18. The second kappa shape index (κ2) is 5.44. The lowest BCUT2D eigenvalue weighted by atomic mass is 10.1. The summed E-state index contributed by atoms with van der Waals surface area (Å²) < 4.78 is 18.9. The fourth-order valence-corrected chi connectivity index (χ4v) is 1.58. The summed E-state index contributed by atoms with van der Waals surface area (Å²) in [5.74, 6) is -1.86. The predicted octanol–water partition coefficient (Wildman–Crippen LogP) is 0.827. The van der Waals surface area contributed by atoms with Crippen LogP contribution in [0, 0.1) is 0 Å². The van der Waals surface area contributed by atoms with Crippen LogP contribution >= 0.6 is 0 Å². The standard InChI is InChI=1S/C11H18FNO4/c1-3-8(2)17-6-9(14)13-5-4-11(12,7-13)10(15)16/h8H,3-7H2,1-2H3,(H,15,16). The van der Waals surface area contributed by atoms with Crippen LogP contribution in [-0.2, 0) is 14.3 Å². The summed E-state index contributed by atoms with van der Waals surface area (Å²) in [7, 11) is 0. The molecule has 2 atom stereocenters. The molecule has 1 aliphatic rings. The first kappa shape index (κ1) is 13.9. The van der Waals surface area contributed by atoms with Crippen LogP contribution in [0.3, 0.4) is 0 Å². The quantitative estimate of drug-likeness (QED) is 0.781. The Morgan fingerprint density at radius 1 is 1.59 bits per heavy atom. The molecule has 0 aliphatic carbocycles. The number of hydrogen-bond donors (Lipinski definition) is 1. The van der Waals surface area contributed by atoms with E-state index in [1.54, 1.807) is 0 Å². The van der Waals surface area contributed by atoms with E-state index in [0.717, 1.165) is 6.42 Å². The van der Waals surface area contributed by atoms with Crippen molar-refractivity contribution in [2.75, 3.05) is 19.7 Å². The molecule has 0 saturated carbocycles. The molecule has 98 valence electrons. The smallest absolute Gasteiger partial charge is 0.343 e. The zero-order valence-electron chi connectivity index (χ0n) is 10.1. The third-order valence-corrected chi connectivity index (χ3v) is 3.02. The SMILES string of the molecule is CCC(C)OCC(=O)N1CCC(F)(C(=O)O)C1. The number of carboxylic acids is 1. The maximum Gasteiger partial charge on any atom is 0.343 e. The maximum absolute atomic E-state index is 13.7. The largest absolute Gasteiger partial charge is 0.479 e. The van der Waals surface area contributed by atoms with Crippen LogP contribution in [-0.4, -0.2) is 53.4 Å². The predicted molar refractivity (Wildman–Crippen MR) is 58.4 cm³/mol. The van der Waals surface area contributed by atoms with Gasteiger partial charge in [0.15, 0.2) is 0 Å². The minimum absolute atomic E-state index is 0.0313. The van der Waals surface area contributed by atoms with Crippen LogP contribution < -0.4 is 0 Å². The van der Waals surface area contributed by atoms with Crippen LogP contribution in [0.5, 0.6) is 0 Å². The molecule has 17 heavy (non-hydrogen) atoms. The summed E-state index contributed by atoms with van der Waals surface area (Å²) in [5.41, 5.74) is -2.30. The van der Waals surface area contributed by atoms with Gasteiger partial charge in [-0.05, 0) is 13.3 Å². The number of aliphatic carboxylic acids is 1. The van der Waals surface area contributed by atoms with Crippen molar-refractivity contribution in [3.05, 3.63) is 0 Å². The van der Waals surface area contributed by atoms with Crippen LogP contribution in [0.4, 0.5) is 4.39 Å². The number of ether oxygens (including phenoxy) is 1. The highest BCUT2D eigenvalue weighted by molar-refractivity contribution is 5.82. The van der Waals surface area contributed by atoms with E-state index in [-0.39, 0.29) is 38.1 Å². The number of nitrogens with zero attached hydrogens (tertiary/aromatic N) is 1. The molecule has 6 heteroatoms. The zero-order chi connectivity index (χ0) is 13.1. The van der Waals surface area contributed by atoms with Crippen molar-refractivity contribution >= 4 is 11.9 Å². The van der Waals surface area contributed by atoms with Gasteiger partial charge in [0.25, 0.3) is 0 Å². The van der Waals surface area contributed by atoms with Crippen molar-refractivity contribution < 1.29 is 23.8 Å². The first-order chi connectivity index (χ1) is 7.89. The second-order valence-corrected chi connectivity index (χ2v) is 4.37. The van der Waals surface area contributed by atoms with E-state index in [4.69, 9.17) is 9.84 Å². The summed E-state index contributed by atoms with van der Waals surface area (Å²) in [6.45, 7) is 3.40. The first-order valence-electron chi connectivity index (χ1n) is 5.70. The Hall–Kier alpha value is -1.17. The number of amides is 1. The average molecular weight is 247 g/mol. The Bertz CT molecular complexity index is 310. The number of carbonyl (C=O) groups is 2. The first-order valence-corrected chi connectivity index (χ1v) is 5.70. The fraction of sp³-hybridized carbons (Fsp3) is 0.818. The van der Waals surface area contributed by atoms with Crippen molar-refractivity contribution in [1.82, 2.24) is 4.90 Å². The number of rotatable bonds is 5. The third-order valence-electron chi connectivity index (χ3n) is 3.02. The number of carbonyl (C=O) groups excluding carboxylic acids is 1. The van der Waals surface area contributed by atoms with Crippen molar-refractivity contribution in [2.45, 2.75) is 38.5 Å². The molecule has 0 spiro atoms. The Balaban J connectivity index is 2.43. The number of hydrogen-bond acceptors (Lipinski definition) is 3. The minimum atomic E-state index is -2.30. The van der Waals surface area contributed by atoms with Crippen LogP contribution in [0.25, 0.3) is 0 Å². The van der Waals surface area contributed by atoms with Crippen molar-refractivity contribution in [1.29, 1.82) is 0 Å². The third kappa shape index (κ3) is 3.39. The molecule has 0 radical (unpaired) electrons. The van der Waals surface area contributed by atoms with E-state index < -0.39 is 11.6 Å². The Labute approximate surface area is 99.5 Å². The summed E-state index contributed by atoms with van der Waals surface area (Å²) in [5, 5.41) is 8.68. The molecular weight excluding hydrogens is 229 g/mol. The number of halogens is 1. The normalized spacial score (nSPS) is 25.9. The van der Waals surface area contributed by atoms with Gasteiger partial charge in [-0.1, -0.05) is 6.92 Å². The Morgan fingerprint density at radius 2 is 2.24 bits per heavy atom. The van der Waals surface area contributed by atoms with Gasteiger partial charge in [0.2, 0.25) is 11.6 Å². The van der Waals surface area contributed by atoms with E-state index >= 15 is 0 Å². The van der Waals surface area contributed by atoms with Gasteiger partial charge in [0.1, 0.15) is 6.61 Å². The van der Waals surface area contributed by atoms with Crippen molar-refractivity contribution in [3.8, 4) is 0 Å². The van der Waals surface area contributed by atoms with Crippen molar-refractivity contribution in [2.24, 2.45) is 0 Å². The molecule has 1 fully saturated rings. The zero-order valence-corrected chi connectivity index (χ0v) is 10.1. The van der Waals surface area contributed by atoms with Gasteiger partial charge in [0.05, 0.1) is 12.6 Å². The Kier molecular flexibility index (Phi) is 4.45. The summed E-state index contributed by atoms with van der Waals surface area (Å²) in [4.78, 5) is 23.5. The monoisotopic (exact) mass is 247 g/mol. The number of alkyl halides is 1. The average Bonchev–Trinajstić information content (AvgIpc) is 2.69. The van der Waals surface area contributed by atoms with Crippen LogP contribution in [0.2, 0.25) is 0 Å². The molecule has 1 heterocycles. The van der Waals surface area contributed by atoms with E-state index in [1.807, 2.05) is 13.8 Å². The highest BCUT2D eigenvalue weighted by Crippen LogP contribution is 2.25. The molecule has 0 aromatic heterocycles. The fourth-order valence-electron chi connectivity index (χ4n) is 1.58. The second-order valence-electron chi connectivity index (χ2n) is 4.37. The number of likely N-dealkylation sites (tertiary alicyclic amines) is 1. The van der Waals surface area contributed by atoms with Gasteiger partial charge in [-0.2, -0.15) is 0 Å². The van der Waals surface area contributed by atoms with Gasteiger partial charge < -0.3 is 14.7 Å². The summed E-state index contributed by atoms with van der Waals surface area (Å²) >= 11 is 0. The highest BCUT2D eigenvalue weighted by atomic mass is 19.1. The summed E-state index contributed by atoms with van der Waals surface area (Å²) in [6.07, 6.45) is 0.600. The lowest BCUT2D eigenvalue weighted by molar-refractivity contribution is -0.150. The molecule has 2 unspecified atom stereocenters. The van der Waals surface area contributed by atoms with Gasteiger partial charge >= 0.3 is 5.97 Å². The topological polar surface area (TPSA) is 66.8 Å². The molecule has 0 aromatic rings. The Morgan fingerprint density at radius 3 is 2.71 bits per heavy atom. The molecule has 1 N–H and O–H groups in total. The van der Waals surface area contributed by atoms with E-state index in [9.17, 15) is 14.0 Å². The summed E-state index contributed by atoms with van der Waals surface area (Å²) in [6, 6.07) is 0. The highest BCUT2D eigenvalue weighted by Gasteiger charge is 2.46. The van der Waals surface area contributed by atoms with Crippen LogP contribution in [0.15, 0.2) is 0 Å². The molecule has 1 rings (SSSR count). The minimum Gasteiger partial charge on any atom is -0.479 e. The molecular formula is C11H18FNO4. The molecule has 5 nitrogen and oxygen atoms in total. The number of carboxylic acid groups (broad SMARTS) is 1. The van der Waals surface area contributed by atoms with Gasteiger partial charge in [0, 0.05) is 13.0 Å². The van der Waals surface area contributed by atoms with E-state index in [2.05, 4.69) is 0 Å².